The van der Waals surface area contributed by atoms with Crippen molar-refractivity contribution < 1.29 is 14.7 Å². The fourth-order valence-corrected chi connectivity index (χ4v) is 3.40. The lowest BCUT2D eigenvalue weighted by atomic mass is 9.88. The molecule has 0 fully saturated rings. The Morgan fingerprint density at radius 1 is 1.12 bits per heavy atom. The van der Waals surface area contributed by atoms with Crippen LogP contribution < -0.4 is 4.90 Å². The van der Waals surface area contributed by atoms with Crippen LogP contribution in [0.5, 0.6) is 0 Å². The zero-order valence-electron chi connectivity index (χ0n) is 14.8. The molecule has 1 heterocycles. The molecule has 0 saturated carbocycles. The van der Waals surface area contributed by atoms with E-state index in [-0.39, 0.29) is 18.2 Å². The second-order valence-electron chi connectivity index (χ2n) is 6.80. The molecule has 1 atom stereocenters. The van der Waals surface area contributed by atoms with Crippen LogP contribution in [-0.4, -0.2) is 22.8 Å². The average molecular weight is 337 g/mol. The van der Waals surface area contributed by atoms with Crippen molar-refractivity contribution in [2.24, 2.45) is 0 Å². The Labute approximate surface area is 148 Å². The number of Topliss-reactive ketones (excluding diaryl/α,β-unsaturated/α-hetero) is 1. The number of amides is 1. The molecule has 1 aliphatic rings. The van der Waals surface area contributed by atoms with Gasteiger partial charge < -0.3 is 10.0 Å². The molecule has 0 aliphatic carbocycles. The minimum Gasteiger partial charge on any atom is -0.375 e. The number of carbonyl (C=O) groups excluding carboxylic acids is 2. The van der Waals surface area contributed by atoms with Gasteiger partial charge in [0.05, 0.1) is 12.1 Å². The number of rotatable bonds is 5. The zero-order valence-corrected chi connectivity index (χ0v) is 14.8. The number of para-hydroxylation sites is 1. The molecule has 1 N–H and O–H groups in total. The van der Waals surface area contributed by atoms with Crippen molar-refractivity contribution >= 4 is 17.4 Å². The molecule has 4 heteroatoms. The van der Waals surface area contributed by atoms with Crippen LogP contribution in [0.2, 0.25) is 0 Å². The maximum absolute atomic E-state index is 12.9. The normalized spacial score (nSPS) is 19.4. The van der Waals surface area contributed by atoms with Crippen molar-refractivity contribution in [3.8, 4) is 0 Å². The number of hydrogen-bond acceptors (Lipinski definition) is 3. The minimum atomic E-state index is -1.80. The number of fused-ring (bicyclic) bond motifs is 1. The first kappa shape index (κ1) is 17.4. The molecule has 130 valence electrons. The lowest BCUT2D eigenvalue weighted by molar-refractivity contribution is -0.136. The lowest BCUT2D eigenvalue weighted by Gasteiger charge is -2.25. The SMILES string of the molecule is CCc1ccc(C(=O)C[C@@]2(O)C(=O)N(C(C)C)c3ccccc32)cc1. The van der Waals surface area contributed by atoms with Crippen LogP contribution in [0, 0.1) is 0 Å². The molecule has 0 saturated heterocycles. The minimum absolute atomic E-state index is 0.0957. The van der Waals surface area contributed by atoms with Crippen molar-refractivity contribution in [1.82, 2.24) is 0 Å². The summed E-state index contributed by atoms with van der Waals surface area (Å²) < 4.78 is 0. The summed E-state index contributed by atoms with van der Waals surface area (Å²) in [6.07, 6.45) is 0.644. The molecule has 2 aromatic rings. The highest BCUT2D eigenvalue weighted by molar-refractivity contribution is 6.11. The van der Waals surface area contributed by atoms with Gasteiger partial charge in [-0.25, -0.2) is 0 Å². The van der Waals surface area contributed by atoms with E-state index < -0.39 is 11.5 Å². The van der Waals surface area contributed by atoms with Crippen molar-refractivity contribution in [1.29, 1.82) is 0 Å². The summed E-state index contributed by atoms with van der Waals surface area (Å²) in [5.41, 5.74) is 1.04. The number of anilines is 1. The van der Waals surface area contributed by atoms with Crippen LogP contribution in [0.3, 0.4) is 0 Å². The summed E-state index contributed by atoms with van der Waals surface area (Å²) in [6, 6.07) is 14.4. The second-order valence-corrected chi connectivity index (χ2v) is 6.80. The summed E-state index contributed by atoms with van der Waals surface area (Å²) in [5, 5.41) is 11.2. The lowest BCUT2D eigenvalue weighted by Crippen LogP contribution is -2.44. The fourth-order valence-electron chi connectivity index (χ4n) is 3.40. The van der Waals surface area contributed by atoms with Crippen molar-refractivity contribution in [2.75, 3.05) is 4.90 Å². The molecule has 3 rings (SSSR count). The van der Waals surface area contributed by atoms with Gasteiger partial charge in [0, 0.05) is 17.2 Å². The van der Waals surface area contributed by atoms with Gasteiger partial charge in [-0.2, -0.15) is 0 Å². The van der Waals surface area contributed by atoms with Gasteiger partial charge in [-0.3, -0.25) is 9.59 Å². The number of carbonyl (C=O) groups is 2. The summed E-state index contributed by atoms with van der Waals surface area (Å²) in [5.74, 6) is -0.666. The molecule has 25 heavy (non-hydrogen) atoms. The maximum atomic E-state index is 12.9. The molecular formula is C21H23NO3. The summed E-state index contributed by atoms with van der Waals surface area (Å²) >= 11 is 0. The largest absolute Gasteiger partial charge is 0.375 e. The number of benzene rings is 2. The Morgan fingerprint density at radius 2 is 1.76 bits per heavy atom. The van der Waals surface area contributed by atoms with Crippen molar-refractivity contribution in [3.63, 3.8) is 0 Å². The van der Waals surface area contributed by atoms with Gasteiger partial charge in [-0.05, 0) is 31.9 Å². The molecule has 2 aromatic carbocycles. The molecular weight excluding hydrogens is 314 g/mol. The second kappa shape index (κ2) is 6.45. The van der Waals surface area contributed by atoms with E-state index >= 15 is 0 Å². The predicted octanol–water partition coefficient (Wildman–Crippen LogP) is 3.46. The van der Waals surface area contributed by atoms with Crippen molar-refractivity contribution in [3.05, 3.63) is 65.2 Å². The zero-order chi connectivity index (χ0) is 18.2. The molecule has 4 nitrogen and oxygen atoms in total. The number of nitrogens with zero attached hydrogens (tertiary/aromatic N) is 1. The molecule has 0 bridgehead atoms. The highest BCUT2D eigenvalue weighted by atomic mass is 16.3. The molecule has 1 amide bonds. The van der Waals surface area contributed by atoms with E-state index in [4.69, 9.17) is 0 Å². The third-order valence-electron chi connectivity index (χ3n) is 4.80. The average Bonchev–Trinajstić information content (AvgIpc) is 2.83. The van der Waals surface area contributed by atoms with Gasteiger partial charge >= 0.3 is 0 Å². The Kier molecular flexibility index (Phi) is 4.48. The van der Waals surface area contributed by atoms with E-state index in [0.717, 1.165) is 12.0 Å². The Hall–Kier alpha value is -2.46. The first-order valence-electron chi connectivity index (χ1n) is 8.66. The van der Waals surface area contributed by atoms with Gasteiger partial charge in [-0.15, -0.1) is 0 Å². The van der Waals surface area contributed by atoms with E-state index in [9.17, 15) is 14.7 Å². The van der Waals surface area contributed by atoms with Crippen LogP contribution in [0.1, 0.15) is 48.7 Å². The number of ketones is 1. The maximum Gasteiger partial charge on any atom is 0.264 e. The first-order valence-corrected chi connectivity index (χ1v) is 8.66. The number of aryl methyl sites for hydroxylation is 1. The van der Waals surface area contributed by atoms with Gasteiger partial charge in [0.15, 0.2) is 11.4 Å². The van der Waals surface area contributed by atoms with Gasteiger partial charge in [0.25, 0.3) is 5.91 Å². The molecule has 0 aromatic heterocycles. The molecule has 0 spiro atoms. The highest BCUT2D eigenvalue weighted by Gasteiger charge is 2.51. The summed E-state index contributed by atoms with van der Waals surface area (Å²) in [4.78, 5) is 27.2. The Balaban J connectivity index is 1.95. The quantitative estimate of drug-likeness (QED) is 0.850. The van der Waals surface area contributed by atoms with Gasteiger partial charge in [-0.1, -0.05) is 49.4 Å². The van der Waals surface area contributed by atoms with E-state index in [0.29, 0.717) is 16.8 Å². The summed E-state index contributed by atoms with van der Waals surface area (Å²) in [7, 11) is 0. The first-order chi connectivity index (χ1) is 11.9. The number of aliphatic hydroxyl groups is 1. The molecule has 1 aliphatic heterocycles. The van der Waals surface area contributed by atoms with Crippen LogP contribution in [0.15, 0.2) is 48.5 Å². The third-order valence-corrected chi connectivity index (χ3v) is 4.80. The van der Waals surface area contributed by atoms with Crippen molar-refractivity contribution in [2.45, 2.75) is 45.3 Å². The van der Waals surface area contributed by atoms with E-state index in [1.807, 2.05) is 45.0 Å². The van der Waals surface area contributed by atoms with Crippen LogP contribution in [0.4, 0.5) is 5.69 Å². The van der Waals surface area contributed by atoms with Gasteiger partial charge in [0.2, 0.25) is 0 Å². The van der Waals surface area contributed by atoms with Gasteiger partial charge in [0.1, 0.15) is 0 Å². The Bertz CT molecular complexity index is 810. The van der Waals surface area contributed by atoms with Crippen LogP contribution >= 0.6 is 0 Å². The van der Waals surface area contributed by atoms with Crippen LogP contribution in [0.25, 0.3) is 0 Å². The van der Waals surface area contributed by atoms with E-state index in [2.05, 4.69) is 0 Å². The summed E-state index contributed by atoms with van der Waals surface area (Å²) in [6.45, 7) is 5.84. The van der Waals surface area contributed by atoms with E-state index in [1.165, 1.54) is 0 Å². The smallest absolute Gasteiger partial charge is 0.264 e. The predicted molar refractivity (Wildman–Crippen MR) is 97.7 cm³/mol. The Morgan fingerprint density at radius 3 is 2.36 bits per heavy atom. The molecule has 0 radical (unpaired) electrons. The topological polar surface area (TPSA) is 57.6 Å². The molecule has 0 unspecified atom stereocenters. The monoisotopic (exact) mass is 337 g/mol. The fraction of sp³-hybridized carbons (Fsp3) is 0.333. The third kappa shape index (κ3) is 2.87. The highest BCUT2D eigenvalue weighted by Crippen LogP contribution is 2.43. The standard InChI is InChI=1S/C21H23NO3/c1-4-15-9-11-16(12-10-15)19(23)13-21(25)17-7-5-6-8-18(17)22(14(2)3)20(21)24/h5-12,14,25H,4,13H2,1-3H3/t21-/m0/s1. The number of hydrogen-bond donors (Lipinski definition) is 1. The van der Waals surface area contributed by atoms with Crippen LogP contribution in [-0.2, 0) is 16.8 Å². The van der Waals surface area contributed by atoms with E-state index in [1.54, 1.807) is 29.2 Å².